The normalized spacial score (nSPS) is 20.4. The molecule has 1 saturated carbocycles. The van der Waals surface area contributed by atoms with E-state index in [0.717, 1.165) is 0 Å². The van der Waals surface area contributed by atoms with Gasteiger partial charge in [0.05, 0.1) is 5.39 Å². The van der Waals surface area contributed by atoms with Gasteiger partial charge in [0, 0.05) is 18.8 Å². The number of aromatic nitrogens is 2. The number of hydrogen-bond acceptors (Lipinski definition) is 4. The number of alkyl halides is 1. The summed E-state index contributed by atoms with van der Waals surface area (Å²) < 4.78 is 14.5. The number of pyridine rings is 2. The number of amides is 1. The summed E-state index contributed by atoms with van der Waals surface area (Å²) in [6.45, 7) is 3.78. The molecule has 132 valence electrons. The fraction of sp³-hybridized carbons (Fsp3) is 0.389. The topological polar surface area (TPSA) is 84.2 Å². The number of fused-ring (bicyclic) bond motifs is 1. The van der Waals surface area contributed by atoms with Crippen LogP contribution in [-0.4, -0.2) is 32.8 Å². The Morgan fingerprint density at radius 3 is 2.84 bits per heavy atom. The van der Waals surface area contributed by atoms with E-state index in [0.29, 0.717) is 36.7 Å². The lowest BCUT2D eigenvalue weighted by atomic mass is 9.94. The Morgan fingerprint density at radius 1 is 1.44 bits per heavy atom. The van der Waals surface area contributed by atoms with Crippen LogP contribution in [0.3, 0.4) is 0 Å². The predicted molar refractivity (Wildman–Crippen MR) is 92.5 cm³/mol. The average Bonchev–Trinajstić information content (AvgIpc) is 2.61. The third kappa shape index (κ3) is 3.26. The molecule has 1 amide bonds. The number of carbonyl (C=O) groups excluding carboxylic acids is 1. The van der Waals surface area contributed by atoms with Crippen molar-refractivity contribution < 1.29 is 14.3 Å². The Balaban J connectivity index is 2.01. The third-order valence-corrected chi connectivity index (χ3v) is 4.52. The van der Waals surface area contributed by atoms with Gasteiger partial charge in [-0.05, 0) is 37.8 Å². The van der Waals surface area contributed by atoms with Gasteiger partial charge in [-0.1, -0.05) is 6.08 Å². The first-order chi connectivity index (χ1) is 12.0. The van der Waals surface area contributed by atoms with E-state index in [2.05, 4.69) is 16.9 Å². The Bertz CT molecular complexity index is 870. The first kappa shape index (κ1) is 17.1. The lowest BCUT2D eigenvalue weighted by Gasteiger charge is -2.25. The summed E-state index contributed by atoms with van der Waals surface area (Å²) in [5.41, 5.74) is -0.649. The van der Waals surface area contributed by atoms with Gasteiger partial charge < -0.3 is 10.4 Å². The zero-order valence-electron chi connectivity index (χ0n) is 13.7. The maximum Gasteiger partial charge on any atom is 0.269 e. The highest BCUT2D eigenvalue weighted by atomic mass is 19.1. The van der Waals surface area contributed by atoms with Gasteiger partial charge in [0.15, 0.2) is 0 Å². The number of nitrogens with one attached hydrogen (secondary N) is 1. The van der Waals surface area contributed by atoms with Gasteiger partial charge in [0.2, 0.25) is 0 Å². The molecule has 0 spiro atoms. The van der Waals surface area contributed by atoms with Crippen LogP contribution in [0.4, 0.5) is 4.39 Å². The Hall–Kier alpha value is -2.70. The summed E-state index contributed by atoms with van der Waals surface area (Å²) in [5, 5.41) is 13.5. The van der Waals surface area contributed by atoms with E-state index in [1.807, 2.05) is 0 Å². The highest BCUT2D eigenvalue weighted by Gasteiger charge is 2.26. The lowest BCUT2D eigenvalue weighted by Crippen LogP contribution is -2.41. The smallest absolute Gasteiger partial charge is 0.269 e. The predicted octanol–water partition coefficient (Wildman–Crippen LogP) is 2.30. The first-order valence-electron chi connectivity index (χ1n) is 8.29. The van der Waals surface area contributed by atoms with Gasteiger partial charge in [0.1, 0.15) is 23.1 Å². The molecule has 25 heavy (non-hydrogen) atoms. The third-order valence-electron chi connectivity index (χ3n) is 4.52. The number of aromatic hydroxyl groups is 1. The molecule has 0 atom stereocenters. The Kier molecular flexibility index (Phi) is 4.83. The van der Waals surface area contributed by atoms with E-state index in [9.17, 15) is 19.1 Å². The SMILES string of the molecule is C=CCn1c(=O)c(C(=O)N[C@H]2CC[C@@H](F)CC2)c(O)c2cccnc21. The van der Waals surface area contributed by atoms with Crippen LogP contribution >= 0.6 is 0 Å². The summed E-state index contributed by atoms with van der Waals surface area (Å²) >= 11 is 0. The summed E-state index contributed by atoms with van der Waals surface area (Å²) in [6, 6.07) is 3.02. The maximum atomic E-state index is 13.2. The van der Waals surface area contributed by atoms with Crippen molar-refractivity contribution in [3.05, 3.63) is 46.9 Å². The van der Waals surface area contributed by atoms with E-state index >= 15 is 0 Å². The maximum absolute atomic E-state index is 13.2. The Morgan fingerprint density at radius 2 is 2.16 bits per heavy atom. The minimum Gasteiger partial charge on any atom is -0.506 e. The quantitative estimate of drug-likeness (QED) is 0.833. The molecular weight excluding hydrogens is 325 g/mol. The van der Waals surface area contributed by atoms with Gasteiger partial charge in [-0.15, -0.1) is 6.58 Å². The average molecular weight is 345 g/mol. The van der Waals surface area contributed by atoms with Crippen molar-refractivity contribution >= 4 is 16.9 Å². The fourth-order valence-electron chi connectivity index (χ4n) is 3.22. The van der Waals surface area contributed by atoms with Gasteiger partial charge >= 0.3 is 0 Å². The zero-order chi connectivity index (χ0) is 18.0. The molecule has 6 nitrogen and oxygen atoms in total. The lowest BCUT2D eigenvalue weighted by molar-refractivity contribution is 0.0911. The summed E-state index contributed by atoms with van der Waals surface area (Å²) in [6.07, 6.45) is 4.01. The van der Waals surface area contributed by atoms with Crippen molar-refractivity contribution in [1.82, 2.24) is 14.9 Å². The van der Waals surface area contributed by atoms with E-state index in [-0.39, 0.29) is 23.9 Å². The second-order valence-corrected chi connectivity index (χ2v) is 6.22. The van der Waals surface area contributed by atoms with Crippen molar-refractivity contribution in [3.63, 3.8) is 0 Å². The van der Waals surface area contributed by atoms with Gasteiger partial charge in [-0.3, -0.25) is 14.2 Å². The first-order valence-corrected chi connectivity index (χ1v) is 8.29. The van der Waals surface area contributed by atoms with E-state index in [4.69, 9.17) is 0 Å². The van der Waals surface area contributed by atoms with E-state index in [1.54, 1.807) is 12.1 Å². The van der Waals surface area contributed by atoms with E-state index in [1.165, 1.54) is 16.8 Å². The van der Waals surface area contributed by atoms with Crippen LogP contribution in [0.1, 0.15) is 36.0 Å². The second kappa shape index (κ2) is 7.04. The summed E-state index contributed by atoms with van der Waals surface area (Å²) in [7, 11) is 0. The number of allylic oxidation sites excluding steroid dienone is 1. The van der Waals surface area contributed by atoms with Crippen LogP contribution in [0.15, 0.2) is 35.8 Å². The molecule has 2 aromatic rings. The van der Waals surface area contributed by atoms with Crippen LogP contribution < -0.4 is 10.9 Å². The molecule has 7 heteroatoms. The molecule has 2 N–H and O–H groups in total. The molecule has 1 fully saturated rings. The molecular formula is C18H20FN3O3. The molecule has 0 saturated heterocycles. The van der Waals surface area contributed by atoms with Crippen LogP contribution in [0.5, 0.6) is 5.75 Å². The summed E-state index contributed by atoms with van der Waals surface area (Å²) in [5.74, 6) is -1.03. The number of halogens is 1. The van der Waals surface area contributed by atoms with Crippen LogP contribution in [0, 0.1) is 0 Å². The van der Waals surface area contributed by atoms with Gasteiger partial charge in [-0.2, -0.15) is 0 Å². The van der Waals surface area contributed by atoms with Crippen molar-refractivity contribution in [2.75, 3.05) is 0 Å². The molecule has 2 aromatic heterocycles. The van der Waals surface area contributed by atoms with Crippen molar-refractivity contribution in [1.29, 1.82) is 0 Å². The van der Waals surface area contributed by atoms with Crippen LogP contribution in [0.25, 0.3) is 11.0 Å². The largest absolute Gasteiger partial charge is 0.506 e. The molecule has 0 aromatic carbocycles. The Labute approximate surface area is 144 Å². The fourth-order valence-corrected chi connectivity index (χ4v) is 3.22. The van der Waals surface area contributed by atoms with Gasteiger partial charge in [-0.25, -0.2) is 9.37 Å². The number of hydrogen-bond donors (Lipinski definition) is 2. The molecule has 0 aliphatic heterocycles. The molecule has 3 rings (SSSR count). The minimum atomic E-state index is -0.835. The van der Waals surface area contributed by atoms with E-state index < -0.39 is 17.6 Å². The minimum absolute atomic E-state index is 0.167. The highest BCUT2D eigenvalue weighted by molar-refractivity contribution is 6.01. The number of nitrogens with zero attached hydrogens (tertiary/aromatic N) is 2. The molecule has 0 radical (unpaired) electrons. The molecule has 0 bridgehead atoms. The van der Waals surface area contributed by atoms with Gasteiger partial charge in [0.25, 0.3) is 11.5 Å². The van der Waals surface area contributed by atoms with Crippen molar-refractivity contribution in [3.8, 4) is 5.75 Å². The van der Waals surface area contributed by atoms with Crippen LogP contribution in [-0.2, 0) is 6.54 Å². The molecule has 1 aliphatic rings. The number of carbonyl (C=O) groups is 1. The second-order valence-electron chi connectivity index (χ2n) is 6.22. The molecule has 0 unspecified atom stereocenters. The van der Waals surface area contributed by atoms with Crippen molar-refractivity contribution in [2.45, 2.75) is 44.4 Å². The highest BCUT2D eigenvalue weighted by Crippen LogP contribution is 2.26. The standard InChI is InChI=1S/C18H20FN3O3/c1-2-10-22-16-13(4-3-9-20-16)15(23)14(18(22)25)17(24)21-12-7-5-11(19)6-8-12/h2-4,9,11-12,23H,1,5-8,10H2,(H,21,24)/t11-,12+. The molecule has 1 aliphatic carbocycles. The monoisotopic (exact) mass is 345 g/mol. The number of rotatable bonds is 4. The zero-order valence-corrected chi connectivity index (χ0v) is 13.7. The molecule has 2 heterocycles. The van der Waals surface area contributed by atoms with Crippen molar-refractivity contribution in [2.24, 2.45) is 0 Å². The summed E-state index contributed by atoms with van der Waals surface area (Å²) in [4.78, 5) is 29.5. The van der Waals surface area contributed by atoms with Crippen LogP contribution in [0.2, 0.25) is 0 Å².